The SMILES string of the molecule is CC=C(CC)C(CCI)(CS(=O)I)C(C)C=N. The Hall–Kier alpha value is 1.02. The zero-order valence-electron chi connectivity index (χ0n) is 10.6. The summed E-state index contributed by atoms with van der Waals surface area (Å²) in [6.45, 7) is 6.26. The van der Waals surface area contributed by atoms with Gasteiger partial charge in [-0.15, -0.1) is 0 Å². The molecule has 100 valence electrons. The Balaban J connectivity index is 5.52. The second-order valence-corrected chi connectivity index (χ2v) is 9.05. The molecule has 2 nitrogen and oxygen atoms in total. The zero-order chi connectivity index (χ0) is 13.5. The van der Waals surface area contributed by atoms with E-state index in [4.69, 9.17) is 5.41 Å². The average molecular weight is 481 g/mol. The summed E-state index contributed by atoms with van der Waals surface area (Å²) >= 11 is 4.36. The van der Waals surface area contributed by atoms with E-state index in [1.807, 2.05) is 28.1 Å². The Kier molecular flexibility index (Phi) is 9.55. The third-order valence-corrected chi connectivity index (χ3v) is 5.62. The molecule has 0 aromatic heterocycles. The molecule has 1 N–H and O–H groups in total. The second-order valence-electron chi connectivity index (χ2n) is 4.15. The highest BCUT2D eigenvalue weighted by Gasteiger charge is 2.38. The first-order valence-corrected chi connectivity index (χ1v) is 11.1. The lowest BCUT2D eigenvalue weighted by Gasteiger charge is -2.38. The smallest absolute Gasteiger partial charge is 0.0845 e. The van der Waals surface area contributed by atoms with Crippen LogP contribution in [-0.4, -0.2) is 20.6 Å². The zero-order valence-corrected chi connectivity index (χ0v) is 15.8. The first kappa shape index (κ1) is 18.0. The van der Waals surface area contributed by atoms with Crippen LogP contribution in [0.3, 0.4) is 0 Å². The first-order valence-electron chi connectivity index (χ1n) is 5.75. The molecule has 0 bridgehead atoms. The minimum absolute atomic E-state index is 0.0987. The molecular formula is C12H21I2NOS. The van der Waals surface area contributed by atoms with Crippen molar-refractivity contribution < 1.29 is 4.21 Å². The fourth-order valence-electron chi connectivity index (χ4n) is 2.35. The van der Waals surface area contributed by atoms with E-state index in [0.29, 0.717) is 5.75 Å². The third-order valence-electron chi connectivity index (χ3n) is 3.40. The minimum atomic E-state index is -0.860. The maximum absolute atomic E-state index is 11.7. The van der Waals surface area contributed by atoms with Gasteiger partial charge in [0.1, 0.15) is 0 Å². The maximum Gasteiger partial charge on any atom is 0.0845 e. The molecule has 3 atom stereocenters. The van der Waals surface area contributed by atoms with Crippen LogP contribution in [0.1, 0.15) is 33.6 Å². The Morgan fingerprint density at radius 2 is 2.18 bits per heavy atom. The highest BCUT2D eigenvalue weighted by Crippen LogP contribution is 2.42. The average Bonchev–Trinajstić information content (AvgIpc) is 2.28. The summed E-state index contributed by atoms with van der Waals surface area (Å²) in [5.74, 6) is 0.794. The van der Waals surface area contributed by atoms with E-state index < -0.39 is 7.97 Å². The number of nitrogens with one attached hydrogen (secondary N) is 1. The molecule has 0 aliphatic rings. The molecule has 0 rings (SSSR count). The van der Waals surface area contributed by atoms with Crippen molar-refractivity contribution in [3.8, 4) is 0 Å². The predicted octanol–water partition coefficient (Wildman–Crippen LogP) is 4.54. The van der Waals surface area contributed by atoms with E-state index in [-0.39, 0.29) is 11.3 Å². The van der Waals surface area contributed by atoms with Gasteiger partial charge in [0.05, 0.1) is 7.97 Å². The lowest BCUT2D eigenvalue weighted by atomic mass is 9.69. The third kappa shape index (κ3) is 4.89. The largest absolute Gasteiger partial charge is 0.313 e. The molecule has 0 aliphatic heterocycles. The van der Waals surface area contributed by atoms with Gasteiger partial charge in [0, 0.05) is 42.7 Å². The summed E-state index contributed by atoms with van der Waals surface area (Å²) in [6.07, 6.45) is 5.62. The van der Waals surface area contributed by atoms with Crippen LogP contribution in [0.4, 0.5) is 0 Å². The van der Waals surface area contributed by atoms with Crippen LogP contribution in [0.15, 0.2) is 11.6 Å². The van der Waals surface area contributed by atoms with Crippen molar-refractivity contribution >= 4 is 58.0 Å². The first-order chi connectivity index (χ1) is 7.98. The number of alkyl halides is 1. The molecule has 0 amide bonds. The quantitative estimate of drug-likeness (QED) is 0.179. The van der Waals surface area contributed by atoms with Gasteiger partial charge in [-0.2, -0.15) is 0 Å². The number of halogens is 2. The summed E-state index contributed by atoms with van der Waals surface area (Å²) < 4.78 is 12.7. The van der Waals surface area contributed by atoms with Gasteiger partial charge in [-0.05, 0) is 26.0 Å². The van der Waals surface area contributed by atoms with Crippen LogP contribution in [0.5, 0.6) is 0 Å². The number of hydrogen-bond donors (Lipinski definition) is 1. The second kappa shape index (κ2) is 9.01. The summed E-state index contributed by atoms with van der Waals surface area (Å²) in [6, 6.07) is 0. The molecule has 0 aliphatic carbocycles. The fraction of sp³-hybridized carbons (Fsp3) is 0.750. The van der Waals surface area contributed by atoms with E-state index in [9.17, 15) is 4.21 Å². The van der Waals surface area contributed by atoms with Gasteiger partial charge in [0.15, 0.2) is 0 Å². The van der Waals surface area contributed by atoms with Crippen LogP contribution in [0, 0.1) is 16.7 Å². The predicted molar refractivity (Wildman–Crippen MR) is 95.0 cm³/mol. The molecule has 0 fully saturated rings. The Labute approximate surface area is 133 Å². The van der Waals surface area contributed by atoms with E-state index in [1.165, 1.54) is 11.8 Å². The van der Waals surface area contributed by atoms with Gasteiger partial charge in [-0.1, -0.05) is 48.1 Å². The Morgan fingerprint density at radius 1 is 1.59 bits per heavy atom. The molecule has 0 spiro atoms. The Morgan fingerprint density at radius 3 is 2.47 bits per heavy atom. The van der Waals surface area contributed by atoms with Crippen LogP contribution >= 0.6 is 43.8 Å². The fourth-order valence-corrected chi connectivity index (χ4v) is 5.98. The van der Waals surface area contributed by atoms with Crippen molar-refractivity contribution in [1.82, 2.24) is 0 Å². The summed E-state index contributed by atoms with van der Waals surface area (Å²) in [5, 5.41) is 7.57. The molecule has 5 heteroatoms. The van der Waals surface area contributed by atoms with Crippen LogP contribution in [0.2, 0.25) is 0 Å². The van der Waals surface area contributed by atoms with Crippen molar-refractivity contribution in [2.45, 2.75) is 33.6 Å². The standard InChI is InChI=1S/C12H21I2NOS/c1-4-11(5-2)12(6-7-13,9-17(14)16)10(3)8-15/h4,8,10,15H,5-7,9H2,1-3H3. The van der Waals surface area contributed by atoms with Crippen molar-refractivity contribution in [3.63, 3.8) is 0 Å². The normalized spacial score (nSPS) is 19.5. The van der Waals surface area contributed by atoms with Gasteiger partial charge < -0.3 is 5.41 Å². The van der Waals surface area contributed by atoms with Gasteiger partial charge in [0.2, 0.25) is 0 Å². The lowest BCUT2D eigenvalue weighted by Crippen LogP contribution is -2.37. The summed E-state index contributed by atoms with van der Waals surface area (Å²) in [7, 11) is -0.860. The van der Waals surface area contributed by atoms with Gasteiger partial charge in [-0.25, -0.2) is 4.21 Å². The van der Waals surface area contributed by atoms with Gasteiger partial charge in [-0.3, -0.25) is 0 Å². The monoisotopic (exact) mass is 481 g/mol. The Bertz CT molecular complexity index is 307. The van der Waals surface area contributed by atoms with Crippen LogP contribution < -0.4 is 0 Å². The van der Waals surface area contributed by atoms with Crippen molar-refractivity contribution in [3.05, 3.63) is 11.6 Å². The van der Waals surface area contributed by atoms with Gasteiger partial charge >= 0.3 is 0 Å². The van der Waals surface area contributed by atoms with E-state index >= 15 is 0 Å². The highest BCUT2D eigenvalue weighted by molar-refractivity contribution is 14.2. The lowest BCUT2D eigenvalue weighted by molar-refractivity contribution is 0.317. The molecule has 0 aromatic carbocycles. The highest BCUT2D eigenvalue weighted by atomic mass is 127. The number of hydrogen-bond acceptors (Lipinski definition) is 2. The van der Waals surface area contributed by atoms with Gasteiger partial charge in [0.25, 0.3) is 0 Å². The topological polar surface area (TPSA) is 40.9 Å². The number of allylic oxidation sites excluding steroid dienone is 2. The van der Waals surface area contributed by atoms with E-state index in [2.05, 4.69) is 42.5 Å². The summed E-state index contributed by atoms with van der Waals surface area (Å²) in [4.78, 5) is 0. The molecule has 3 unspecified atom stereocenters. The molecule has 0 radical (unpaired) electrons. The van der Waals surface area contributed by atoms with Crippen LogP contribution in [0.25, 0.3) is 0 Å². The molecule has 0 saturated heterocycles. The van der Waals surface area contributed by atoms with Crippen molar-refractivity contribution in [1.29, 1.82) is 5.41 Å². The number of rotatable bonds is 8. The summed E-state index contributed by atoms with van der Waals surface area (Å²) in [5.41, 5.74) is 1.24. The van der Waals surface area contributed by atoms with Crippen LogP contribution in [-0.2, 0) is 7.97 Å². The molecule has 17 heavy (non-hydrogen) atoms. The van der Waals surface area contributed by atoms with E-state index in [0.717, 1.165) is 17.3 Å². The van der Waals surface area contributed by atoms with Crippen molar-refractivity contribution in [2.75, 3.05) is 10.2 Å². The maximum atomic E-state index is 11.7. The minimum Gasteiger partial charge on any atom is -0.313 e. The molecule has 0 heterocycles. The molecular weight excluding hydrogens is 460 g/mol. The molecule has 0 aromatic rings. The van der Waals surface area contributed by atoms with Crippen molar-refractivity contribution in [2.24, 2.45) is 11.3 Å². The van der Waals surface area contributed by atoms with E-state index in [1.54, 1.807) is 0 Å². The molecule has 0 saturated carbocycles.